The number of rotatable bonds is 3. The highest BCUT2D eigenvalue weighted by molar-refractivity contribution is 5.95. The van der Waals surface area contributed by atoms with Crippen LogP contribution < -0.4 is 0 Å². The van der Waals surface area contributed by atoms with E-state index in [0.29, 0.717) is 18.8 Å². The number of fused-ring (bicyclic) bond motifs is 1. The highest BCUT2D eigenvalue weighted by Crippen LogP contribution is 2.43. The van der Waals surface area contributed by atoms with Crippen LogP contribution in [0.3, 0.4) is 0 Å². The number of imidazole rings is 1. The average Bonchev–Trinajstić information content (AvgIpc) is 3.31. The summed E-state index contributed by atoms with van der Waals surface area (Å²) in [6.07, 6.45) is 3.71. The minimum Gasteiger partial charge on any atom is -0.469 e. The molecule has 8 nitrogen and oxygen atoms in total. The lowest BCUT2D eigenvalue weighted by Gasteiger charge is -2.39. The van der Waals surface area contributed by atoms with Crippen LogP contribution in [0.15, 0.2) is 42.7 Å². The number of carbonyl (C=O) groups is 3. The third-order valence-corrected chi connectivity index (χ3v) is 5.59. The lowest BCUT2D eigenvalue weighted by molar-refractivity contribution is -0.147. The van der Waals surface area contributed by atoms with E-state index >= 15 is 0 Å². The largest absolute Gasteiger partial charge is 0.469 e. The first-order valence-electron chi connectivity index (χ1n) is 9.21. The molecule has 0 aliphatic carbocycles. The van der Waals surface area contributed by atoms with Gasteiger partial charge in [-0.05, 0) is 12.0 Å². The van der Waals surface area contributed by atoms with E-state index in [0.717, 1.165) is 5.56 Å². The number of aromatic nitrogens is 2. The number of nitrogens with zero attached hydrogens (tertiary/aromatic N) is 4. The van der Waals surface area contributed by atoms with Crippen LogP contribution in [0.25, 0.3) is 0 Å². The molecule has 0 unspecified atom stereocenters. The minimum atomic E-state index is -0.454. The van der Waals surface area contributed by atoms with E-state index in [1.165, 1.54) is 12.0 Å². The summed E-state index contributed by atoms with van der Waals surface area (Å²) in [6, 6.07) is 8.90. The van der Waals surface area contributed by atoms with Crippen molar-refractivity contribution in [2.75, 3.05) is 20.2 Å². The normalized spacial score (nSPS) is 24.2. The fourth-order valence-corrected chi connectivity index (χ4v) is 4.33. The number of esters is 1. The molecule has 1 aromatic carbocycles. The molecule has 2 amide bonds. The SMILES string of the molecule is COC(=O)[C@H]1C[C@H]2CN(C(=O)c3nccn3C)CC(=O)N2[C@H]1c1ccccc1. The van der Waals surface area contributed by atoms with Gasteiger partial charge in [0.2, 0.25) is 5.91 Å². The van der Waals surface area contributed by atoms with Gasteiger partial charge < -0.3 is 19.1 Å². The Morgan fingerprint density at radius 3 is 2.61 bits per heavy atom. The molecule has 3 heterocycles. The monoisotopic (exact) mass is 382 g/mol. The predicted octanol–water partition coefficient (Wildman–Crippen LogP) is 1.01. The first-order chi connectivity index (χ1) is 13.5. The molecule has 2 aliphatic rings. The molecule has 28 heavy (non-hydrogen) atoms. The van der Waals surface area contributed by atoms with Gasteiger partial charge in [0, 0.05) is 26.0 Å². The number of piperazine rings is 1. The Kier molecular flexibility index (Phi) is 4.62. The molecule has 8 heteroatoms. The molecule has 146 valence electrons. The van der Waals surface area contributed by atoms with Crippen molar-refractivity contribution in [3.05, 3.63) is 54.1 Å². The summed E-state index contributed by atoms with van der Waals surface area (Å²) < 4.78 is 6.64. The van der Waals surface area contributed by atoms with Crippen molar-refractivity contribution in [2.24, 2.45) is 13.0 Å². The number of carbonyl (C=O) groups excluding carboxylic acids is 3. The third kappa shape index (κ3) is 2.94. The van der Waals surface area contributed by atoms with Gasteiger partial charge in [0.15, 0.2) is 5.82 Å². The van der Waals surface area contributed by atoms with Crippen LogP contribution in [0.5, 0.6) is 0 Å². The highest BCUT2D eigenvalue weighted by atomic mass is 16.5. The standard InChI is InChI=1S/C20H22N4O4/c1-22-9-8-21-18(22)19(26)23-11-14-10-15(20(27)28-2)17(24(14)16(25)12-23)13-6-4-3-5-7-13/h3-9,14-15,17H,10-12H2,1-2H3/t14-,15-,17-/m0/s1. The molecule has 0 spiro atoms. The Labute approximate surface area is 162 Å². The second kappa shape index (κ2) is 7.10. The zero-order chi connectivity index (χ0) is 19.8. The van der Waals surface area contributed by atoms with Crippen molar-refractivity contribution in [1.82, 2.24) is 19.4 Å². The van der Waals surface area contributed by atoms with Crippen molar-refractivity contribution in [2.45, 2.75) is 18.5 Å². The predicted molar refractivity (Wildman–Crippen MR) is 99.1 cm³/mol. The van der Waals surface area contributed by atoms with Gasteiger partial charge in [0.1, 0.15) is 6.54 Å². The number of hydrogen-bond donors (Lipinski definition) is 0. The summed E-state index contributed by atoms with van der Waals surface area (Å²) in [5.74, 6) is -0.941. The van der Waals surface area contributed by atoms with E-state index in [1.807, 2.05) is 30.3 Å². The Bertz CT molecular complexity index is 910. The summed E-state index contributed by atoms with van der Waals surface area (Å²) in [7, 11) is 3.10. The lowest BCUT2D eigenvalue weighted by atomic mass is 9.93. The van der Waals surface area contributed by atoms with Crippen molar-refractivity contribution >= 4 is 17.8 Å². The van der Waals surface area contributed by atoms with Gasteiger partial charge in [-0.15, -0.1) is 0 Å². The van der Waals surface area contributed by atoms with Crippen LogP contribution in [0, 0.1) is 5.92 Å². The zero-order valence-corrected chi connectivity index (χ0v) is 15.8. The quantitative estimate of drug-likeness (QED) is 0.740. The fourth-order valence-electron chi connectivity index (χ4n) is 4.33. The van der Waals surface area contributed by atoms with Crippen molar-refractivity contribution in [1.29, 1.82) is 0 Å². The van der Waals surface area contributed by atoms with Gasteiger partial charge in [-0.3, -0.25) is 14.4 Å². The van der Waals surface area contributed by atoms with Gasteiger partial charge in [-0.1, -0.05) is 30.3 Å². The van der Waals surface area contributed by atoms with Gasteiger partial charge in [0.05, 0.1) is 25.1 Å². The first-order valence-corrected chi connectivity index (χ1v) is 9.21. The number of hydrogen-bond acceptors (Lipinski definition) is 5. The van der Waals surface area contributed by atoms with Gasteiger partial charge in [-0.2, -0.15) is 0 Å². The molecule has 0 radical (unpaired) electrons. The molecule has 1 aromatic heterocycles. The van der Waals surface area contributed by atoms with Gasteiger partial charge >= 0.3 is 5.97 Å². The van der Waals surface area contributed by atoms with E-state index in [-0.39, 0.29) is 36.4 Å². The van der Waals surface area contributed by atoms with Gasteiger partial charge in [-0.25, -0.2) is 4.98 Å². The Balaban J connectivity index is 1.64. The molecule has 0 bridgehead atoms. The molecule has 2 saturated heterocycles. The number of aryl methyl sites for hydroxylation is 1. The van der Waals surface area contributed by atoms with Crippen molar-refractivity contribution in [3.8, 4) is 0 Å². The fraction of sp³-hybridized carbons (Fsp3) is 0.400. The molecule has 3 atom stereocenters. The number of benzene rings is 1. The maximum atomic E-state index is 13.0. The lowest BCUT2D eigenvalue weighted by Crippen LogP contribution is -2.56. The van der Waals surface area contributed by atoms with E-state index < -0.39 is 5.92 Å². The van der Waals surface area contributed by atoms with Crippen LogP contribution >= 0.6 is 0 Å². The third-order valence-electron chi connectivity index (χ3n) is 5.59. The Morgan fingerprint density at radius 2 is 1.96 bits per heavy atom. The number of amides is 2. The van der Waals surface area contributed by atoms with Crippen LogP contribution in [0.1, 0.15) is 28.6 Å². The molecule has 0 N–H and O–H groups in total. The smallest absolute Gasteiger partial charge is 0.311 e. The van der Waals surface area contributed by atoms with Crippen LogP contribution in [-0.2, 0) is 21.4 Å². The van der Waals surface area contributed by atoms with Crippen molar-refractivity contribution < 1.29 is 19.1 Å². The Hall–Kier alpha value is -3.16. The van der Waals surface area contributed by atoms with Crippen LogP contribution in [0.2, 0.25) is 0 Å². The summed E-state index contributed by atoms with van der Waals surface area (Å²) >= 11 is 0. The molecule has 2 aliphatic heterocycles. The highest BCUT2D eigenvalue weighted by Gasteiger charge is 2.51. The van der Waals surface area contributed by atoms with E-state index in [1.54, 1.807) is 28.9 Å². The number of ether oxygens (including phenoxy) is 1. The van der Waals surface area contributed by atoms with E-state index in [9.17, 15) is 14.4 Å². The minimum absolute atomic E-state index is 0.0284. The maximum Gasteiger partial charge on any atom is 0.311 e. The first kappa shape index (κ1) is 18.2. The second-order valence-corrected chi connectivity index (χ2v) is 7.22. The zero-order valence-electron chi connectivity index (χ0n) is 15.8. The number of methoxy groups -OCH3 is 1. The second-order valence-electron chi connectivity index (χ2n) is 7.22. The summed E-state index contributed by atoms with van der Waals surface area (Å²) in [6.45, 7) is 0.341. The topological polar surface area (TPSA) is 84.7 Å². The molecule has 2 fully saturated rings. The molecule has 4 rings (SSSR count). The maximum absolute atomic E-state index is 13.0. The molecule has 0 saturated carbocycles. The summed E-state index contributed by atoms with van der Waals surface area (Å²) in [5.41, 5.74) is 0.901. The Morgan fingerprint density at radius 1 is 1.21 bits per heavy atom. The summed E-state index contributed by atoms with van der Waals surface area (Å²) in [5, 5.41) is 0. The van der Waals surface area contributed by atoms with E-state index in [4.69, 9.17) is 4.74 Å². The molecular formula is C20H22N4O4. The molecular weight excluding hydrogens is 360 g/mol. The molecule has 2 aromatic rings. The van der Waals surface area contributed by atoms with Gasteiger partial charge in [0.25, 0.3) is 5.91 Å². The summed E-state index contributed by atoms with van der Waals surface area (Å²) in [4.78, 5) is 45.7. The average molecular weight is 382 g/mol. The van der Waals surface area contributed by atoms with E-state index in [2.05, 4.69) is 4.98 Å². The van der Waals surface area contributed by atoms with Crippen LogP contribution in [-0.4, -0.2) is 63.4 Å². The van der Waals surface area contributed by atoms with Crippen LogP contribution in [0.4, 0.5) is 0 Å². The van der Waals surface area contributed by atoms with Crippen molar-refractivity contribution in [3.63, 3.8) is 0 Å².